The van der Waals surface area contributed by atoms with E-state index in [0.717, 1.165) is 12.1 Å². The Balaban J connectivity index is 2.50. The van der Waals surface area contributed by atoms with Crippen LogP contribution in [-0.4, -0.2) is 30.1 Å². The Bertz CT molecular complexity index is 550. The molecule has 102 valence electrons. The third-order valence-electron chi connectivity index (χ3n) is 3.07. The van der Waals surface area contributed by atoms with Gasteiger partial charge in [0.25, 0.3) is 0 Å². The van der Waals surface area contributed by atoms with Crippen molar-refractivity contribution in [3.8, 4) is 0 Å². The quantitative estimate of drug-likeness (QED) is 0.881. The topological polar surface area (TPSA) is 83.6 Å². The number of carbonyl (C=O) groups excluding carboxylic acids is 1. The molecule has 19 heavy (non-hydrogen) atoms. The van der Waals surface area contributed by atoms with Gasteiger partial charge in [-0.3, -0.25) is 4.79 Å². The standard InChI is InChI=1S/C12H12BrFN2O3/c13-9-3-7(14)2-8(12(18)19)11(9)16-5-6(4-15)1-10(16)17/h2-3,6H,1,4-5,15H2,(H,18,19). The van der Waals surface area contributed by atoms with Crippen molar-refractivity contribution in [2.45, 2.75) is 6.42 Å². The van der Waals surface area contributed by atoms with Crippen LogP contribution in [0.1, 0.15) is 16.8 Å². The maximum Gasteiger partial charge on any atom is 0.337 e. The zero-order chi connectivity index (χ0) is 14.2. The lowest BCUT2D eigenvalue weighted by Crippen LogP contribution is -2.28. The highest BCUT2D eigenvalue weighted by atomic mass is 79.9. The SMILES string of the molecule is NCC1CC(=O)N(c2c(Br)cc(F)cc2C(=O)O)C1. The summed E-state index contributed by atoms with van der Waals surface area (Å²) in [5, 5.41) is 9.13. The largest absolute Gasteiger partial charge is 0.478 e. The van der Waals surface area contributed by atoms with Gasteiger partial charge in [-0.25, -0.2) is 9.18 Å². The lowest BCUT2D eigenvalue weighted by molar-refractivity contribution is -0.117. The molecule has 1 unspecified atom stereocenters. The highest BCUT2D eigenvalue weighted by molar-refractivity contribution is 9.10. The Hall–Kier alpha value is -1.47. The van der Waals surface area contributed by atoms with Gasteiger partial charge in [-0.15, -0.1) is 0 Å². The van der Waals surface area contributed by atoms with Crippen molar-refractivity contribution in [3.05, 3.63) is 28.0 Å². The number of rotatable bonds is 3. The predicted octanol–water partition coefficient (Wildman–Crippen LogP) is 1.60. The average molecular weight is 331 g/mol. The van der Waals surface area contributed by atoms with Crippen LogP contribution >= 0.6 is 15.9 Å². The molecule has 1 heterocycles. The molecule has 1 aliphatic rings. The molecule has 1 amide bonds. The minimum Gasteiger partial charge on any atom is -0.478 e. The van der Waals surface area contributed by atoms with E-state index in [2.05, 4.69) is 15.9 Å². The first-order valence-corrected chi connectivity index (χ1v) is 6.46. The molecule has 3 N–H and O–H groups in total. The van der Waals surface area contributed by atoms with E-state index < -0.39 is 11.8 Å². The summed E-state index contributed by atoms with van der Waals surface area (Å²) < 4.78 is 13.5. The minimum absolute atomic E-state index is 0.00824. The van der Waals surface area contributed by atoms with Crippen LogP contribution in [0.4, 0.5) is 10.1 Å². The van der Waals surface area contributed by atoms with Gasteiger partial charge in [-0.1, -0.05) is 0 Å². The second-order valence-corrected chi connectivity index (χ2v) is 5.25. The number of carboxylic acids is 1. The van der Waals surface area contributed by atoms with Crippen molar-refractivity contribution < 1.29 is 19.1 Å². The fraction of sp³-hybridized carbons (Fsp3) is 0.333. The first-order valence-electron chi connectivity index (χ1n) is 5.66. The first kappa shape index (κ1) is 14.0. The number of hydrogen-bond donors (Lipinski definition) is 2. The summed E-state index contributed by atoms with van der Waals surface area (Å²) in [6, 6.07) is 2.05. The molecule has 1 aromatic carbocycles. The number of amides is 1. The fourth-order valence-corrected chi connectivity index (χ4v) is 2.81. The minimum atomic E-state index is -1.28. The molecule has 2 rings (SSSR count). The summed E-state index contributed by atoms with van der Waals surface area (Å²) in [6.45, 7) is 0.698. The molecule has 0 aromatic heterocycles. The van der Waals surface area contributed by atoms with E-state index in [1.54, 1.807) is 0 Å². The number of aromatic carboxylic acids is 1. The van der Waals surface area contributed by atoms with Gasteiger partial charge in [-0.2, -0.15) is 0 Å². The average Bonchev–Trinajstić information content (AvgIpc) is 2.69. The van der Waals surface area contributed by atoms with Crippen LogP contribution in [0.25, 0.3) is 0 Å². The molecular weight excluding hydrogens is 319 g/mol. The number of halogens is 2. The molecule has 5 nitrogen and oxygen atoms in total. The number of benzene rings is 1. The summed E-state index contributed by atoms with van der Waals surface area (Å²) in [4.78, 5) is 24.5. The van der Waals surface area contributed by atoms with Gasteiger partial charge in [0.2, 0.25) is 5.91 Å². The molecule has 0 bridgehead atoms. The molecule has 0 aliphatic carbocycles. The molecule has 1 atom stereocenters. The van der Waals surface area contributed by atoms with Gasteiger partial charge < -0.3 is 15.7 Å². The second kappa shape index (κ2) is 5.26. The zero-order valence-electron chi connectivity index (χ0n) is 9.90. The van der Waals surface area contributed by atoms with Crippen LogP contribution in [-0.2, 0) is 4.79 Å². The molecule has 1 aliphatic heterocycles. The Morgan fingerprint density at radius 3 is 2.79 bits per heavy atom. The molecule has 7 heteroatoms. The van der Waals surface area contributed by atoms with Crippen molar-refractivity contribution >= 4 is 33.5 Å². The highest BCUT2D eigenvalue weighted by Crippen LogP contribution is 2.35. The molecule has 0 radical (unpaired) electrons. The summed E-state index contributed by atoms with van der Waals surface area (Å²) >= 11 is 3.12. The number of anilines is 1. The molecule has 1 aromatic rings. The Morgan fingerprint density at radius 2 is 2.26 bits per heavy atom. The van der Waals surface area contributed by atoms with Gasteiger partial charge >= 0.3 is 5.97 Å². The van der Waals surface area contributed by atoms with Crippen molar-refractivity contribution in [2.75, 3.05) is 18.0 Å². The summed E-state index contributed by atoms with van der Waals surface area (Å²) in [6.07, 6.45) is 0.277. The van der Waals surface area contributed by atoms with E-state index in [9.17, 15) is 14.0 Å². The predicted molar refractivity (Wildman–Crippen MR) is 70.6 cm³/mol. The third-order valence-corrected chi connectivity index (χ3v) is 3.67. The van der Waals surface area contributed by atoms with Crippen molar-refractivity contribution in [3.63, 3.8) is 0 Å². The van der Waals surface area contributed by atoms with Gasteiger partial charge in [-0.05, 0) is 40.5 Å². The van der Waals surface area contributed by atoms with E-state index >= 15 is 0 Å². The first-order chi connectivity index (χ1) is 8.93. The van der Waals surface area contributed by atoms with Gasteiger partial charge in [0.1, 0.15) is 5.82 Å². The number of carbonyl (C=O) groups is 2. The van der Waals surface area contributed by atoms with Gasteiger partial charge in [0.15, 0.2) is 0 Å². The molecule has 1 fully saturated rings. The Morgan fingerprint density at radius 1 is 1.58 bits per heavy atom. The zero-order valence-corrected chi connectivity index (χ0v) is 11.5. The maximum absolute atomic E-state index is 13.3. The Kier molecular flexibility index (Phi) is 3.86. The number of carboxylic acid groups (broad SMARTS) is 1. The van der Waals surface area contributed by atoms with E-state index in [1.165, 1.54) is 4.90 Å². The van der Waals surface area contributed by atoms with Gasteiger partial charge in [0.05, 0.1) is 11.3 Å². The highest BCUT2D eigenvalue weighted by Gasteiger charge is 2.33. The summed E-state index contributed by atoms with van der Waals surface area (Å²) in [7, 11) is 0. The van der Waals surface area contributed by atoms with Crippen molar-refractivity contribution in [2.24, 2.45) is 11.7 Å². The van der Waals surface area contributed by atoms with E-state index in [4.69, 9.17) is 10.8 Å². The van der Waals surface area contributed by atoms with Crippen LogP contribution in [0.2, 0.25) is 0 Å². The lowest BCUT2D eigenvalue weighted by atomic mass is 10.1. The van der Waals surface area contributed by atoms with E-state index in [0.29, 0.717) is 13.1 Å². The number of hydrogen-bond acceptors (Lipinski definition) is 3. The van der Waals surface area contributed by atoms with E-state index in [1.807, 2.05) is 0 Å². The number of nitrogens with zero attached hydrogens (tertiary/aromatic N) is 1. The Labute approximate surface area is 117 Å². The third kappa shape index (κ3) is 2.62. The van der Waals surface area contributed by atoms with Crippen LogP contribution in [0.5, 0.6) is 0 Å². The molecule has 0 spiro atoms. The molecule has 1 saturated heterocycles. The summed E-state index contributed by atoms with van der Waals surface area (Å²) in [5.41, 5.74) is 5.48. The van der Waals surface area contributed by atoms with E-state index in [-0.39, 0.29) is 34.0 Å². The van der Waals surface area contributed by atoms with Crippen LogP contribution in [0.15, 0.2) is 16.6 Å². The smallest absolute Gasteiger partial charge is 0.337 e. The van der Waals surface area contributed by atoms with Crippen LogP contribution < -0.4 is 10.6 Å². The lowest BCUT2D eigenvalue weighted by Gasteiger charge is -2.20. The molecular formula is C12H12BrFN2O3. The number of nitrogens with two attached hydrogens (primary N) is 1. The van der Waals surface area contributed by atoms with Crippen molar-refractivity contribution in [1.82, 2.24) is 0 Å². The normalized spacial score (nSPS) is 19.0. The fourth-order valence-electron chi connectivity index (χ4n) is 2.16. The summed E-state index contributed by atoms with van der Waals surface area (Å²) in [5.74, 6) is -2.16. The second-order valence-electron chi connectivity index (χ2n) is 4.40. The van der Waals surface area contributed by atoms with Crippen LogP contribution in [0.3, 0.4) is 0 Å². The van der Waals surface area contributed by atoms with Gasteiger partial charge in [0, 0.05) is 17.4 Å². The van der Waals surface area contributed by atoms with Crippen LogP contribution in [0, 0.1) is 11.7 Å². The molecule has 0 saturated carbocycles. The van der Waals surface area contributed by atoms with Crippen molar-refractivity contribution in [1.29, 1.82) is 0 Å². The maximum atomic E-state index is 13.3. The monoisotopic (exact) mass is 330 g/mol.